The monoisotopic (exact) mass is 508 g/mol. The Bertz CT molecular complexity index is 923. The van der Waals surface area contributed by atoms with Crippen LogP contribution in [-0.4, -0.2) is 38.4 Å². The number of halogens is 1. The molecule has 8 heteroatoms. The van der Waals surface area contributed by atoms with E-state index >= 15 is 0 Å². The lowest BCUT2D eigenvalue weighted by molar-refractivity contribution is 0.762. The van der Waals surface area contributed by atoms with Crippen LogP contribution < -0.4 is 10.6 Å². The molecule has 1 aliphatic carbocycles. The molecule has 0 aliphatic heterocycles. The maximum Gasteiger partial charge on any atom is 0.191 e. The zero-order valence-corrected chi connectivity index (χ0v) is 19.0. The van der Waals surface area contributed by atoms with Gasteiger partial charge in [-0.15, -0.1) is 45.9 Å². The number of nitrogens with one attached hydrogen (secondary N) is 2. The molecule has 1 aromatic carbocycles. The Morgan fingerprint density at radius 3 is 2.64 bits per heavy atom. The van der Waals surface area contributed by atoms with Crippen molar-refractivity contribution in [1.82, 2.24) is 25.2 Å². The second kappa shape index (κ2) is 9.60. The molecule has 0 atom stereocenters. The Kier molecular flexibility index (Phi) is 7.17. The van der Waals surface area contributed by atoms with E-state index in [1.165, 1.54) is 17.7 Å². The summed E-state index contributed by atoms with van der Waals surface area (Å²) in [5, 5.41) is 15.3. The number of fused-ring (bicyclic) bond motifs is 1. The van der Waals surface area contributed by atoms with Gasteiger partial charge in [0.25, 0.3) is 0 Å². The zero-order chi connectivity index (χ0) is 18.5. The number of pyridine rings is 1. The molecule has 1 aliphatic rings. The molecule has 28 heavy (non-hydrogen) atoms. The number of hydrogen-bond acceptors (Lipinski definition) is 4. The fraction of sp³-hybridized carbons (Fsp3) is 0.350. The molecule has 2 heterocycles. The van der Waals surface area contributed by atoms with Crippen molar-refractivity contribution in [2.75, 3.05) is 13.1 Å². The van der Waals surface area contributed by atoms with Crippen molar-refractivity contribution in [2.24, 2.45) is 4.99 Å². The minimum Gasteiger partial charge on any atom is -0.357 e. The molecule has 0 bridgehead atoms. The first kappa shape index (κ1) is 20.9. The molecular formula is C20H25IN6S. The summed E-state index contributed by atoms with van der Waals surface area (Å²) in [6.07, 6.45) is 4.43. The van der Waals surface area contributed by atoms with Crippen LogP contribution in [0, 0.1) is 0 Å². The van der Waals surface area contributed by atoms with Crippen LogP contribution in [0.1, 0.15) is 25.6 Å². The van der Waals surface area contributed by atoms with E-state index in [1.54, 1.807) is 0 Å². The van der Waals surface area contributed by atoms with Crippen molar-refractivity contribution in [3.63, 3.8) is 0 Å². The molecule has 1 saturated carbocycles. The highest BCUT2D eigenvalue weighted by molar-refractivity contribution is 14.0. The Labute approximate surface area is 186 Å². The highest BCUT2D eigenvalue weighted by Crippen LogP contribution is 2.51. The highest BCUT2D eigenvalue weighted by atomic mass is 127. The standard InChI is InChI=1S/C20H24N6S.HI/c1-2-21-19(22-14-18-25-24-17-10-6-7-13-26(17)18)23-15-20(11-12-20)27-16-8-4-3-5-9-16;/h3-10,13H,2,11-12,14-15H2,1H3,(H2,21,22,23);1H. The number of aromatic nitrogens is 3. The Balaban J connectivity index is 0.00000225. The van der Waals surface area contributed by atoms with Gasteiger partial charge < -0.3 is 10.6 Å². The summed E-state index contributed by atoms with van der Waals surface area (Å²) in [5.74, 6) is 1.66. The molecule has 2 aromatic heterocycles. The third kappa shape index (κ3) is 5.16. The fourth-order valence-electron chi connectivity index (χ4n) is 2.93. The summed E-state index contributed by atoms with van der Waals surface area (Å²) in [6, 6.07) is 16.5. The van der Waals surface area contributed by atoms with Crippen molar-refractivity contribution in [1.29, 1.82) is 0 Å². The SMILES string of the molecule is CCNC(=NCc1nnc2ccccn12)NCC1(Sc2ccccc2)CC1.I. The van der Waals surface area contributed by atoms with Crippen molar-refractivity contribution in [2.45, 2.75) is 36.0 Å². The lowest BCUT2D eigenvalue weighted by atomic mass is 10.4. The average Bonchev–Trinajstić information content (AvgIpc) is 3.34. The second-order valence-corrected chi connectivity index (χ2v) is 8.23. The third-order valence-corrected chi connectivity index (χ3v) is 6.06. The summed E-state index contributed by atoms with van der Waals surface area (Å²) in [4.78, 5) is 6.03. The lowest BCUT2D eigenvalue weighted by Crippen LogP contribution is -2.41. The van der Waals surface area contributed by atoms with E-state index in [-0.39, 0.29) is 28.7 Å². The summed E-state index contributed by atoms with van der Waals surface area (Å²) in [5.41, 5.74) is 0.844. The van der Waals surface area contributed by atoms with Gasteiger partial charge in [-0.25, -0.2) is 4.99 Å². The van der Waals surface area contributed by atoms with E-state index in [1.807, 2.05) is 40.6 Å². The topological polar surface area (TPSA) is 66.6 Å². The Morgan fingerprint density at radius 2 is 1.89 bits per heavy atom. The lowest BCUT2D eigenvalue weighted by Gasteiger charge is -2.18. The van der Waals surface area contributed by atoms with Gasteiger partial charge in [0.05, 0.1) is 0 Å². The van der Waals surface area contributed by atoms with Gasteiger partial charge >= 0.3 is 0 Å². The first-order chi connectivity index (χ1) is 13.3. The number of hydrogen-bond donors (Lipinski definition) is 2. The van der Waals surface area contributed by atoms with E-state index in [4.69, 9.17) is 4.99 Å². The van der Waals surface area contributed by atoms with E-state index in [9.17, 15) is 0 Å². The zero-order valence-electron chi connectivity index (χ0n) is 15.8. The number of thioether (sulfide) groups is 1. The normalized spacial score (nSPS) is 15.1. The molecule has 0 spiro atoms. The van der Waals surface area contributed by atoms with Crippen LogP contribution in [0.5, 0.6) is 0 Å². The van der Waals surface area contributed by atoms with Crippen molar-refractivity contribution in [3.8, 4) is 0 Å². The number of nitrogens with zero attached hydrogens (tertiary/aromatic N) is 4. The van der Waals surface area contributed by atoms with Gasteiger partial charge in [0.15, 0.2) is 17.4 Å². The Hall–Kier alpha value is -1.81. The van der Waals surface area contributed by atoms with Crippen LogP contribution in [0.3, 0.4) is 0 Å². The molecule has 3 aromatic rings. The Morgan fingerprint density at radius 1 is 1.11 bits per heavy atom. The molecule has 0 saturated heterocycles. The van der Waals surface area contributed by atoms with Gasteiger partial charge in [0.2, 0.25) is 0 Å². The van der Waals surface area contributed by atoms with Crippen molar-refractivity contribution in [3.05, 3.63) is 60.6 Å². The summed E-state index contributed by atoms with van der Waals surface area (Å²) >= 11 is 1.96. The predicted octanol–water partition coefficient (Wildman–Crippen LogP) is 3.73. The second-order valence-electron chi connectivity index (χ2n) is 6.69. The van der Waals surface area contributed by atoms with Crippen LogP contribution in [0.2, 0.25) is 0 Å². The van der Waals surface area contributed by atoms with Gasteiger partial charge in [-0.3, -0.25) is 4.40 Å². The summed E-state index contributed by atoms with van der Waals surface area (Å²) in [6.45, 7) is 4.29. The largest absolute Gasteiger partial charge is 0.357 e. The van der Waals surface area contributed by atoms with Crippen LogP contribution in [0.15, 0.2) is 64.6 Å². The average molecular weight is 508 g/mol. The molecule has 0 amide bonds. The number of rotatable bonds is 7. The molecule has 1 fully saturated rings. The van der Waals surface area contributed by atoms with E-state index in [2.05, 4.69) is 58.1 Å². The minimum absolute atomic E-state index is 0. The number of aliphatic imine (C=N–C) groups is 1. The molecule has 148 valence electrons. The number of guanidine groups is 1. The maximum atomic E-state index is 4.71. The fourth-order valence-corrected chi connectivity index (χ4v) is 4.17. The minimum atomic E-state index is 0. The highest BCUT2D eigenvalue weighted by Gasteiger charge is 2.43. The van der Waals surface area contributed by atoms with Crippen LogP contribution in [0.25, 0.3) is 5.65 Å². The molecule has 4 rings (SSSR count). The first-order valence-corrected chi connectivity index (χ1v) is 10.1. The molecule has 0 radical (unpaired) electrons. The van der Waals surface area contributed by atoms with E-state index in [0.717, 1.165) is 30.5 Å². The van der Waals surface area contributed by atoms with Gasteiger partial charge in [-0.1, -0.05) is 24.3 Å². The van der Waals surface area contributed by atoms with Gasteiger partial charge in [-0.05, 0) is 44.0 Å². The van der Waals surface area contributed by atoms with Gasteiger partial charge in [0, 0.05) is 28.9 Å². The third-order valence-electron chi connectivity index (χ3n) is 4.57. The van der Waals surface area contributed by atoms with Crippen LogP contribution in [-0.2, 0) is 6.54 Å². The summed E-state index contributed by atoms with van der Waals surface area (Å²) < 4.78 is 2.25. The van der Waals surface area contributed by atoms with E-state index in [0.29, 0.717) is 6.54 Å². The number of benzene rings is 1. The van der Waals surface area contributed by atoms with Gasteiger partial charge in [0.1, 0.15) is 6.54 Å². The van der Waals surface area contributed by atoms with Crippen LogP contribution >= 0.6 is 35.7 Å². The van der Waals surface area contributed by atoms with E-state index < -0.39 is 0 Å². The predicted molar refractivity (Wildman–Crippen MR) is 125 cm³/mol. The van der Waals surface area contributed by atoms with Crippen LogP contribution in [0.4, 0.5) is 0 Å². The van der Waals surface area contributed by atoms with Crippen molar-refractivity contribution >= 4 is 47.3 Å². The molecule has 2 N–H and O–H groups in total. The quantitative estimate of drug-likeness (QED) is 0.289. The molecule has 0 unspecified atom stereocenters. The molecule has 6 nitrogen and oxygen atoms in total. The maximum absolute atomic E-state index is 4.71. The molecular weight excluding hydrogens is 483 g/mol. The smallest absolute Gasteiger partial charge is 0.191 e. The van der Waals surface area contributed by atoms with Gasteiger partial charge in [-0.2, -0.15) is 0 Å². The van der Waals surface area contributed by atoms with Crippen molar-refractivity contribution < 1.29 is 0 Å². The summed E-state index contributed by atoms with van der Waals surface area (Å²) in [7, 11) is 0. The first-order valence-electron chi connectivity index (χ1n) is 9.33.